The van der Waals surface area contributed by atoms with E-state index in [4.69, 9.17) is 9.84 Å². The number of thioether (sulfide) groups is 1. The van der Waals surface area contributed by atoms with Crippen molar-refractivity contribution in [1.29, 1.82) is 0 Å². The number of ether oxygens (including phenoxy) is 1. The van der Waals surface area contributed by atoms with Gasteiger partial charge in [0.05, 0.1) is 29.0 Å². The fourth-order valence-electron chi connectivity index (χ4n) is 4.52. The first-order valence-electron chi connectivity index (χ1n) is 12.3. The maximum Gasteiger partial charge on any atom is 0.240 e. The number of nitrogens with zero attached hydrogens (tertiary/aromatic N) is 3. The molecule has 2 heterocycles. The zero-order valence-corrected chi connectivity index (χ0v) is 22.0. The quantitative estimate of drug-likeness (QED) is 0.322. The first kappa shape index (κ1) is 26.6. The summed E-state index contributed by atoms with van der Waals surface area (Å²) in [5, 5.41) is 7.04. The molecule has 7 nitrogen and oxygen atoms in total. The molecule has 3 aromatic carbocycles. The minimum absolute atomic E-state index is 0.0106. The summed E-state index contributed by atoms with van der Waals surface area (Å²) in [7, 11) is 1.53. The molecule has 10 heteroatoms. The maximum atomic E-state index is 15.2. The monoisotopic (exact) mass is 548 g/mol. The summed E-state index contributed by atoms with van der Waals surface area (Å²) in [4.78, 5) is 27.9. The molecule has 1 aromatic heterocycles. The van der Waals surface area contributed by atoms with Crippen LogP contribution in [0.2, 0.25) is 0 Å². The van der Waals surface area contributed by atoms with E-state index in [1.165, 1.54) is 46.7 Å². The third kappa shape index (κ3) is 5.57. The van der Waals surface area contributed by atoms with Crippen LogP contribution in [0.1, 0.15) is 16.4 Å². The average molecular weight is 549 g/mol. The summed E-state index contributed by atoms with van der Waals surface area (Å²) in [5.74, 6) is -1.20. The molecule has 4 aromatic rings. The molecule has 0 radical (unpaired) electrons. The van der Waals surface area contributed by atoms with Gasteiger partial charge in [0.1, 0.15) is 24.0 Å². The summed E-state index contributed by atoms with van der Waals surface area (Å²) < 4.78 is 35.6. The van der Waals surface area contributed by atoms with Crippen molar-refractivity contribution in [3.8, 4) is 16.9 Å². The first-order valence-corrected chi connectivity index (χ1v) is 13.4. The molecule has 1 N–H and O–H groups in total. The van der Waals surface area contributed by atoms with E-state index in [0.717, 1.165) is 5.56 Å². The molecular formula is C29H26F2N4O3S. The van der Waals surface area contributed by atoms with Gasteiger partial charge < -0.3 is 10.1 Å². The van der Waals surface area contributed by atoms with Gasteiger partial charge in [0, 0.05) is 30.3 Å². The Hall–Kier alpha value is -4.02. The molecule has 0 spiro atoms. The van der Waals surface area contributed by atoms with E-state index in [1.807, 2.05) is 30.3 Å². The molecule has 2 amide bonds. The van der Waals surface area contributed by atoms with Gasteiger partial charge in [-0.1, -0.05) is 48.5 Å². The highest BCUT2D eigenvalue weighted by molar-refractivity contribution is 8.00. The van der Waals surface area contributed by atoms with Crippen molar-refractivity contribution in [2.75, 3.05) is 37.5 Å². The Morgan fingerprint density at radius 1 is 1.05 bits per heavy atom. The number of halogens is 2. The molecule has 200 valence electrons. The van der Waals surface area contributed by atoms with Gasteiger partial charge in [0.15, 0.2) is 0 Å². The Morgan fingerprint density at radius 3 is 2.49 bits per heavy atom. The number of benzene rings is 3. The van der Waals surface area contributed by atoms with Crippen LogP contribution in [0.3, 0.4) is 0 Å². The number of anilines is 1. The lowest BCUT2D eigenvalue weighted by atomic mass is 9.99. The molecule has 0 aliphatic carbocycles. The van der Waals surface area contributed by atoms with Gasteiger partial charge >= 0.3 is 0 Å². The fraction of sp³-hybridized carbons (Fsp3) is 0.207. The topological polar surface area (TPSA) is 76.5 Å². The lowest BCUT2D eigenvalue weighted by molar-refractivity contribution is -0.123. The van der Waals surface area contributed by atoms with Crippen LogP contribution >= 0.6 is 11.8 Å². The van der Waals surface area contributed by atoms with Gasteiger partial charge in [0.25, 0.3) is 0 Å². The largest absolute Gasteiger partial charge is 0.383 e. The summed E-state index contributed by atoms with van der Waals surface area (Å²) in [6, 6.07) is 21.5. The van der Waals surface area contributed by atoms with E-state index in [-0.39, 0.29) is 30.7 Å². The standard InChI is InChI=1S/C29H26F2N4O3S/c1-38-16-15-32-24(36)17-34-25(37)18-39-28(22-9-5-6-10-23(22)31)26-27(19-7-3-2-4-8-19)33-35(29(26)34)21-13-11-20(30)12-14-21/h2-14,28H,15-18H2,1H3,(H,32,36)/t28-/m1/s1. The van der Waals surface area contributed by atoms with Crippen molar-refractivity contribution in [2.24, 2.45) is 0 Å². The number of carbonyl (C=O) groups is 2. The van der Waals surface area contributed by atoms with Crippen LogP contribution in [0, 0.1) is 11.6 Å². The SMILES string of the molecule is COCCNC(=O)CN1C(=O)CS[C@H](c2ccccc2F)c2c(-c3ccccc3)nn(-c3ccc(F)cc3)c21. The zero-order valence-electron chi connectivity index (χ0n) is 21.1. The zero-order chi connectivity index (χ0) is 27.4. The van der Waals surface area contributed by atoms with Crippen molar-refractivity contribution in [2.45, 2.75) is 5.25 Å². The molecular weight excluding hydrogens is 522 g/mol. The number of methoxy groups -OCH3 is 1. The number of aromatic nitrogens is 2. The summed E-state index contributed by atoms with van der Waals surface area (Å²) in [6.45, 7) is 0.326. The highest BCUT2D eigenvalue weighted by Crippen LogP contribution is 2.49. The fourth-order valence-corrected chi connectivity index (χ4v) is 5.74. The lowest BCUT2D eigenvalue weighted by Crippen LogP contribution is -2.43. The molecule has 1 atom stereocenters. The summed E-state index contributed by atoms with van der Waals surface area (Å²) in [5.41, 5.74) is 2.78. The van der Waals surface area contributed by atoms with Crippen LogP contribution in [-0.4, -0.2) is 54.2 Å². The molecule has 0 fully saturated rings. The van der Waals surface area contributed by atoms with E-state index >= 15 is 4.39 Å². The second-order valence-electron chi connectivity index (χ2n) is 8.88. The van der Waals surface area contributed by atoms with E-state index < -0.39 is 16.9 Å². The highest BCUT2D eigenvalue weighted by Gasteiger charge is 2.38. The van der Waals surface area contributed by atoms with Crippen LogP contribution in [0.4, 0.5) is 14.6 Å². The summed E-state index contributed by atoms with van der Waals surface area (Å²) >= 11 is 1.28. The Labute approximate surface area is 228 Å². The number of fused-ring (bicyclic) bond motifs is 1. The van der Waals surface area contributed by atoms with Crippen LogP contribution in [0.5, 0.6) is 0 Å². The maximum absolute atomic E-state index is 15.2. The Morgan fingerprint density at radius 2 is 1.77 bits per heavy atom. The van der Waals surface area contributed by atoms with E-state index in [9.17, 15) is 14.0 Å². The van der Waals surface area contributed by atoms with Crippen LogP contribution in [0.25, 0.3) is 16.9 Å². The first-order chi connectivity index (χ1) is 19.0. The van der Waals surface area contributed by atoms with Crippen molar-refractivity contribution < 1.29 is 23.1 Å². The number of hydrogen-bond acceptors (Lipinski definition) is 5. The van der Waals surface area contributed by atoms with Gasteiger partial charge in [-0.15, -0.1) is 11.8 Å². The van der Waals surface area contributed by atoms with Crippen LogP contribution in [0.15, 0.2) is 78.9 Å². The smallest absolute Gasteiger partial charge is 0.240 e. The van der Waals surface area contributed by atoms with Crippen LogP contribution < -0.4 is 10.2 Å². The van der Waals surface area contributed by atoms with Crippen molar-refractivity contribution in [3.05, 3.63) is 102 Å². The predicted octanol–water partition coefficient (Wildman–Crippen LogP) is 4.75. The lowest BCUT2D eigenvalue weighted by Gasteiger charge is -2.23. The number of rotatable bonds is 8. The molecule has 0 saturated carbocycles. The van der Waals surface area contributed by atoms with Gasteiger partial charge in [-0.2, -0.15) is 5.10 Å². The number of hydrogen-bond donors (Lipinski definition) is 1. The van der Waals surface area contributed by atoms with Crippen molar-refractivity contribution in [3.63, 3.8) is 0 Å². The Balaban J connectivity index is 1.76. The normalized spacial score (nSPS) is 15.1. The second kappa shape index (κ2) is 11.8. The molecule has 1 aliphatic heterocycles. The minimum atomic E-state index is -0.601. The number of nitrogens with one attached hydrogen (secondary N) is 1. The van der Waals surface area contributed by atoms with Gasteiger partial charge in [-0.05, 0) is 30.3 Å². The number of carbonyl (C=O) groups excluding carboxylic acids is 2. The second-order valence-corrected chi connectivity index (χ2v) is 9.97. The van der Waals surface area contributed by atoms with E-state index in [2.05, 4.69) is 5.32 Å². The molecule has 0 unspecified atom stereocenters. The average Bonchev–Trinajstić information content (AvgIpc) is 3.27. The molecule has 1 aliphatic rings. The molecule has 5 rings (SSSR count). The van der Waals surface area contributed by atoms with Crippen LogP contribution in [-0.2, 0) is 14.3 Å². The van der Waals surface area contributed by atoms with Crippen molar-refractivity contribution in [1.82, 2.24) is 15.1 Å². The molecule has 0 saturated heterocycles. The third-order valence-corrected chi connectivity index (χ3v) is 7.56. The van der Waals surface area contributed by atoms with Gasteiger partial charge in [-0.3, -0.25) is 14.5 Å². The van der Waals surface area contributed by atoms with E-state index in [1.54, 1.807) is 30.3 Å². The number of amides is 2. The van der Waals surface area contributed by atoms with Gasteiger partial charge in [-0.25, -0.2) is 13.5 Å². The minimum Gasteiger partial charge on any atom is -0.383 e. The summed E-state index contributed by atoms with van der Waals surface area (Å²) in [6.07, 6.45) is 0. The Bertz CT molecular complexity index is 1480. The van der Waals surface area contributed by atoms with Crippen molar-refractivity contribution >= 4 is 29.4 Å². The Kier molecular flexibility index (Phi) is 8.04. The predicted molar refractivity (Wildman–Crippen MR) is 147 cm³/mol. The third-order valence-electron chi connectivity index (χ3n) is 6.33. The van der Waals surface area contributed by atoms with Gasteiger partial charge in [0.2, 0.25) is 11.8 Å². The van der Waals surface area contributed by atoms with E-state index in [0.29, 0.717) is 34.9 Å². The highest BCUT2D eigenvalue weighted by atomic mass is 32.2. The molecule has 0 bridgehead atoms. The molecule has 39 heavy (non-hydrogen) atoms.